The van der Waals surface area contributed by atoms with E-state index in [2.05, 4.69) is 0 Å². The number of hydrogen-bond donors (Lipinski definition) is 0. The van der Waals surface area contributed by atoms with Gasteiger partial charge in [0.05, 0.1) is 6.61 Å². The van der Waals surface area contributed by atoms with Crippen molar-refractivity contribution in [2.45, 2.75) is 38.0 Å². The van der Waals surface area contributed by atoms with Gasteiger partial charge >= 0.3 is 5.97 Å². The maximum absolute atomic E-state index is 10.9. The van der Waals surface area contributed by atoms with Gasteiger partial charge in [0.1, 0.15) is 5.38 Å². The summed E-state index contributed by atoms with van der Waals surface area (Å²) in [4.78, 5) is 21.4. The van der Waals surface area contributed by atoms with Crippen molar-refractivity contribution in [2.75, 3.05) is 6.61 Å². The first-order valence-electron chi connectivity index (χ1n) is 4.57. The predicted molar refractivity (Wildman–Crippen MR) is 55.6 cm³/mol. The number of carbonyl (C=O) groups excluding carboxylic acids is 2. The summed E-state index contributed by atoms with van der Waals surface area (Å²) < 4.78 is 4.73. The monoisotopic (exact) mass is 240 g/mol. The van der Waals surface area contributed by atoms with E-state index in [1.165, 1.54) is 0 Å². The second-order valence-electron chi connectivity index (χ2n) is 2.82. The van der Waals surface area contributed by atoms with Crippen LogP contribution in [0.3, 0.4) is 0 Å². The fraction of sp³-hybridized carbons (Fsp3) is 0.778. The van der Waals surface area contributed by atoms with Gasteiger partial charge in [-0.3, -0.25) is 9.59 Å². The molecule has 14 heavy (non-hydrogen) atoms. The van der Waals surface area contributed by atoms with Crippen LogP contribution in [-0.4, -0.2) is 23.2 Å². The van der Waals surface area contributed by atoms with E-state index in [1.54, 1.807) is 6.92 Å². The summed E-state index contributed by atoms with van der Waals surface area (Å²) in [6, 6.07) is 0. The first-order chi connectivity index (χ1) is 6.57. The molecule has 0 aliphatic carbocycles. The molecule has 1 unspecified atom stereocenters. The van der Waals surface area contributed by atoms with Crippen molar-refractivity contribution in [3.8, 4) is 0 Å². The lowest BCUT2D eigenvalue weighted by molar-refractivity contribution is -0.143. The third-order valence-corrected chi connectivity index (χ3v) is 2.43. The molecule has 0 aromatic heterocycles. The van der Waals surface area contributed by atoms with Crippen LogP contribution < -0.4 is 0 Å². The first kappa shape index (κ1) is 13.7. The topological polar surface area (TPSA) is 43.4 Å². The van der Waals surface area contributed by atoms with Crippen LogP contribution >= 0.6 is 23.2 Å². The Morgan fingerprint density at radius 2 is 2.00 bits per heavy atom. The zero-order chi connectivity index (χ0) is 11.0. The van der Waals surface area contributed by atoms with Crippen molar-refractivity contribution in [2.24, 2.45) is 0 Å². The van der Waals surface area contributed by atoms with E-state index in [9.17, 15) is 9.59 Å². The number of hydrogen-bond acceptors (Lipinski definition) is 3. The molecule has 0 heterocycles. The average Bonchev–Trinajstić information content (AvgIpc) is 2.12. The van der Waals surface area contributed by atoms with Crippen LogP contribution in [-0.2, 0) is 14.3 Å². The van der Waals surface area contributed by atoms with Gasteiger partial charge in [0.2, 0.25) is 5.24 Å². The predicted octanol–water partition coefficient (Wildman–Crippen LogP) is 2.48. The lowest BCUT2D eigenvalue weighted by atomic mass is 10.1. The molecule has 0 saturated carbocycles. The highest BCUT2D eigenvalue weighted by molar-refractivity contribution is 6.69. The molecule has 0 bridgehead atoms. The van der Waals surface area contributed by atoms with E-state index in [1.807, 2.05) is 0 Å². The molecule has 3 nitrogen and oxygen atoms in total. The molecule has 0 spiro atoms. The molecule has 82 valence electrons. The zero-order valence-corrected chi connectivity index (χ0v) is 9.61. The van der Waals surface area contributed by atoms with Gasteiger partial charge in [-0.05, 0) is 31.4 Å². The smallest absolute Gasteiger partial charge is 0.305 e. The van der Waals surface area contributed by atoms with Crippen LogP contribution in [0.25, 0.3) is 0 Å². The molecule has 0 rings (SSSR count). The lowest BCUT2D eigenvalue weighted by Crippen LogP contribution is -2.08. The molecule has 0 aliphatic heterocycles. The summed E-state index contributed by atoms with van der Waals surface area (Å²) in [5, 5.41) is -1.18. The van der Waals surface area contributed by atoms with Crippen molar-refractivity contribution in [3.05, 3.63) is 0 Å². The summed E-state index contributed by atoms with van der Waals surface area (Å²) in [5.41, 5.74) is 0. The number of esters is 1. The molecule has 0 aromatic carbocycles. The van der Waals surface area contributed by atoms with Crippen LogP contribution in [0.1, 0.15) is 32.6 Å². The molecule has 0 saturated heterocycles. The molecule has 1 atom stereocenters. The molecule has 5 heteroatoms. The number of unbranched alkanes of at least 4 members (excludes halogenated alkanes) is 1. The molecule has 0 amide bonds. The van der Waals surface area contributed by atoms with Crippen LogP contribution in [0.15, 0.2) is 0 Å². The largest absolute Gasteiger partial charge is 0.466 e. The van der Waals surface area contributed by atoms with Crippen LogP contribution in [0.4, 0.5) is 0 Å². The van der Waals surface area contributed by atoms with E-state index in [0.717, 1.165) is 0 Å². The third kappa shape index (κ3) is 7.15. The number of carbonyl (C=O) groups is 2. The quantitative estimate of drug-likeness (QED) is 0.297. The van der Waals surface area contributed by atoms with E-state index in [4.69, 9.17) is 27.9 Å². The van der Waals surface area contributed by atoms with Crippen molar-refractivity contribution >= 4 is 34.4 Å². The minimum Gasteiger partial charge on any atom is -0.466 e. The molecule has 0 aliphatic rings. The standard InChI is InChI=1S/C9H14Cl2O3/c1-2-14-8(12)6-4-3-5-7(10)9(11)13/h7H,2-6H2,1H3. The van der Waals surface area contributed by atoms with Crippen LogP contribution in [0.5, 0.6) is 0 Å². The lowest BCUT2D eigenvalue weighted by Gasteiger charge is -2.03. The van der Waals surface area contributed by atoms with Gasteiger partial charge in [0, 0.05) is 6.42 Å². The Hall–Kier alpha value is -0.280. The van der Waals surface area contributed by atoms with E-state index < -0.39 is 10.6 Å². The summed E-state index contributed by atoms with van der Waals surface area (Å²) in [6.45, 7) is 2.16. The Morgan fingerprint density at radius 1 is 1.36 bits per heavy atom. The second kappa shape index (κ2) is 8.06. The Morgan fingerprint density at radius 3 is 2.50 bits per heavy atom. The van der Waals surface area contributed by atoms with Gasteiger partial charge < -0.3 is 4.74 Å². The Labute approximate surface area is 93.7 Å². The fourth-order valence-electron chi connectivity index (χ4n) is 0.940. The Balaban J connectivity index is 3.37. The van der Waals surface area contributed by atoms with E-state index >= 15 is 0 Å². The summed E-state index contributed by atoms with van der Waals surface area (Å²) in [7, 11) is 0. The van der Waals surface area contributed by atoms with Gasteiger partial charge in [-0.25, -0.2) is 0 Å². The number of alkyl halides is 1. The van der Waals surface area contributed by atoms with Crippen molar-refractivity contribution < 1.29 is 14.3 Å². The molecular formula is C9H14Cl2O3. The summed E-state index contributed by atoms with van der Waals surface area (Å²) in [5.74, 6) is -0.212. The van der Waals surface area contributed by atoms with Crippen molar-refractivity contribution in [3.63, 3.8) is 0 Å². The Kier molecular flexibility index (Phi) is 7.90. The SMILES string of the molecule is CCOC(=O)CCCCC(Cl)C(=O)Cl. The number of ether oxygens (including phenoxy) is 1. The van der Waals surface area contributed by atoms with Gasteiger partial charge in [-0.15, -0.1) is 11.6 Å². The highest BCUT2D eigenvalue weighted by atomic mass is 35.5. The fourth-order valence-corrected chi connectivity index (χ4v) is 1.20. The first-order valence-corrected chi connectivity index (χ1v) is 5.38. The maximum atomic E-state index is 10.9. The molecule has 0 aromatic rings. The molecular weight excluding hydrogens is 227 g/mol. The average molecular weight is 241 g/mol. The third-order valence-electron chi connectivity index (χ3n) is 1.64. The van der Waals surface area contributed by atoms with Gasteiger partial charge in [-0.2, -0.15) is 0 Å². The molecule has 0 fully saturated rings. The maximum Gasteiger partial charge on any atom is 0.305 e. The van der Waals surface area contributed by atoms with E-state index in [0.29, 0.717) is 32.3 Å². The summed E-state index contributed by atoms with van der Waals surface area (Å²) in [6.07, 6.45) is 2.24. The van der Waals surface area contributed by atoms with Gasteiger partial charge in [-0.1, -0.05) is 6.42 Å². The molecule has 0 radical (unpaired) electrons. The Bertz CT molecular complexity index is 194. The van der Waals surface area contributed by atoms with E-state index in [-0.39, 0.29) is 5.97 Å². The number of rotatable bonds is 7. The zero-order valence-electron chi connectivity index (χ0n) is 8.09. The van der Waals surface area contributed by atoms with Crippen molar-refractivity contribution in [1.82, 2.24) is 0 Å². The van der Waals surface area contributed by atoms with Crippen molar-refractivity contribution in [1.29, 1.82) is 0 Å². The summed E-state index contributed by atoms with van der Waals surface area (Å²) >= 11 is 10.8. The van der Waals surface area contributed by atoms with Crippen LogP contribution in [0, 0.1) is 0 Å². The highest BCUT2D eigenvalue weighted by Gasteiger charge is 2.11. The number of halogens is 2. The molecule has 0 N–H and O–H groups in total. The normalized spacial score (nSPS) is 12.2. The van der Waals surface area contributed by atoms with Gasteiger partial charge in [0.25, 0.3) is 0 Å². The minimum atomic E-state index is -0.640. The minimum absolute atomic E-state index is 0.212. The van der Waals surface area contributed by atoms with Crippen LogP contribution in [0.2, 0.25) is 0 Å². The second-order valence-corrected chi connectivity index (χ2v) is 3.72. The van der Waals surface area contributed by atoms with Gasteiger partial charge in [0.15, 0.2) is 0 Å². The highest BCUT2D eigenvalue weighted by Crippen LogP contribution is 2.12.